The SMILES string of the molecule is COc1cccc(C2C(C(=O)c3cc4cc(Cl)cc(OC)c4o3)=C(O)C(=O)N2Cc2ccc(OC)c(OC)c2)c1. The highest BCUT2D eigenvalue weighted by molar-refractivity contribution is 6.31. The summed E-state index contributed by atoms with van der Waals surface area (Å²) < 4.78 is 27.4. The number of Topliss-reactive ketones (excluding diaryl/α,β-unsaturated/α-hetero) is 1. The Kier molecular flexibility index (Phi) is 7.32. The van der Waals surface area contributed by atoms with Crippen molar-refractivity contribution < 1.29 is 38.1 Å². The standard InChI is InChI=1S/C30H26ClNO8/c1-36-20-7-5-6-17(12-20)26-25(27(33)23-13-18-11-19(31)14-24(39-4)29(18)40-23)28(34)30(35)32(26)15-16-8-9-21(37-2)22(10-16)38-3/h5-14,26,34H,15H2,1-4H3. The molecule has 0 saturated carbocycles. The maximum absolute atomic E-state index is 13.9. The van der Waals surface area contributed by atoms with Crippen LogP contribution in [-0.4, -0.2) is 50.1 Å². The van der Waals surface area contributed by atoms with Crippen molar-refractivity contribution in [1.82, 2.24) is 4.90 Å². The predicted molar refractivity (Wildman–Crippen MR) is 148 cm³/mol. The lowest BCUT2D eigenvalue weighted by Crippen LogP contribution is -2.30. The van der Waals surface area contributed by atoms with Crippen LogP contribution in [0.2, 0.25) is 5.02 Å². The molecule has 0 aliphatic carbocycles. The van der Waals surface area contributed by atoms with E-state index in [1.165, 1.54) is 39.4 Å². The predicted octanol–water partition coefficient (Wildman–Crippen LogP) is 5.90. The molecule has 206 valence electrons. The monoisotopic (exact) mass is 563 g/mol. The molecule has 10 heteroatoms. The summed E-state index contributed by atoms with van der Waals surface area (Å²) in [5.41, 5.74) is 1.46. The third-order valence-electron chi connectivity index (χ3n) is 6.75. The molecule has 5 rings (SSSR count). The average molecular weight is 564 g/mol. The fourth-order valence-electron chi connectivity index (χ4n) is 4.86. The van der Waals surface area contributed by atoms with Crippen molar-refractivity contribution in [3.05, 3.63) is 93.9 Å². The van der Waals surface area contributed by atoms with Crippen LogP contribution in [0, 0.1) is 0 Å². The van der Waals surface area contributed by atoms with Crippen molar-refractivity contribution in [3.63, 3.8) is 0 Å². The third kappa shape index (κ3) is 4.69. The van der Waals surface area contributed by atoms with Crippen LogP contribution in [0.1, 0.15) is 27.7 Å². The molecule has 40 heavy (non-hydrogen) atoms. The molecule has 0 bridgehead atoms. The Morgan fingerprint density at radius 3 is 2.38 bits per heavy atom. The fraction of sp³-hybridized carbons (Fsp3) is 0.200. The molecular formula is C30H26ClNO8. The zero-order valence-corrected chi connectivity index (χ0v) is 22.9. The maximum Gasteiger partial charge on any atom is 0.290 e. The highest BCUT2D eigenvalue weighted by Gasteiger charge is 2.44. The smallest absolute Gasteiger partial charge is 0.290 e. The van der Waals surface area contributed by atoms with E-state index in [1.807, 2.05) is 0 Å². The molecule has 0 saturated heterocycles. The van der Waals surface area contributed by atoms with Gasteiger partial charge in [-0.05, 0) is 47.5 Å². The summed E-state index contributed by atoms with van der Waals surface area (Å²) in [6, 6.07) is 16.0. The van der Waals surface area contributed by atoms with Gasteiger partial charge in [0.2, 0.25) is 5.78 Å². The Morgan fingerprint density at radius 1 is 0.925 bits per heavy atom. The molecule has 0 spiro atoms. The Labute approximate surface area is 235 Å². The highest BCUT2D eigenvalue weighted by Crippen LogP contribution is 2.42. The third-order valence-corrected chi connectivity index (χ3v) is 6.97. The molecule has 9 nitrogen and oxygen atoms in total. The summed E-state index contributed by atoms with van der Waals surface area (Å²) in [6.45, 7) is 0.0610. The van der Waals surface area contributed by atoms with Crippen LogP contribution >= 0.6 is 11.6 Å². The number of benzene rings is 3. The zero-order chi connectivity index (χ0) is 28.6. The number of carbonyl (C=O) groups excluding carboxylic acids is 2. The van der Waals surface area contributed by atoms with Crippen molar-refractivity contribution in [1.29, 1.82) is 0 Å². The van der Waals surface area contributed by atoms with E-state index in [0.717, 1.165) is 0 Å². The highest BCUT2D eigenvalue weighted by atomic mass is 35.5. The largest absolute Gasteiger partial charge is 0.503 e. The maximum atomic E-state index is 13.9. The Bertz CT molecular complexity index is 1660. The lowest BCUT2D eigenvalue weighted by atomic mass is 9.94. The second-order valence-electron chi connectivity index (χ2n) is 9.03. The van der Waals surface area contributed by atoms with Gasteiger partial charge in [0.05, 0.1) is 40.1 Å². The topological polar surface area (TPSA) is 108 Å². The molecule has 1 aromatic heterocycles. The Balaban J connectivity index is 1.61. The van der Waals surface area contributed by atoms with Gasteiger partial charge in [0.15, 0.2) is 34.4 Å². The van der Waals surface area contributed by atoms with Crippen LogP contribution in [0.15, 0.2) is 76.4 Å². The quantitative estimate of drug-likeness (QED) is 0.251. The summed E-state index contributed by atoms with van der Waals surface area (Å²) >= 11 is 6.19. The second-order valence-corrected chi connectivity index (χ2v) is 9.47. The van der Waals surface area contributed by atoms with E-state index in [1.54, 1.807) is 54.6 Å². The van der Waals surface area contributed by atoms with Crippen molar-refractivity contribution in [2.45, 2.75) is 12.6 Å². The van der Waals surface area contributed by atoms with Gasteiger partial charge >= 0.3 is 0 Å². The van der Waals surface area contributed by atoms with Crippen LogP contribution < -0.4 is 18.9 Å². The minimum Gasteiger partial charge on any atom is -0.503 e. The molecule has 1 unspecified atom stereocenters. The van der Waals surface area contributed by atoms with Gasteiger partial charge in [-0.2, -0.15) is 0 Å². The number of aliphatic hydroxyl groups excluding tert-OH is 1. The molecule has 4 aromatic rings. The van der Waals surface area contributed by atoms with E-state index in [0.29, 0.717) is 50.1 Å². The first-order valence-corrected chi connectivity index (χ1v) is 12.6. The van der Waals surface area contributed by atoms with Gasteiger partial charge in [-0.25, -0.2) is 0 Å². The number of ether oxygens (including phenoxy) is 4. The van der Waals surface area contributed by atoms with Crippen LogP contribution in [-0.2, 0) is 11.3 Å². The number of ketones is 1. The summed E-state index contributed by atoms with van der Waals surface area (Å²) in [4.78, 5) is 28.9. The average Bonchev–Trinajstić information content (AvgIpc) is 3.51. The first-order chi connectivity index (χ1) is 19.3. The number of halogens is 1. The Morgan fingerprint density at radius 2 is 1.68 bits per heavy atom. The fourth-order valence-corrected chi connectivity index (χ4v) is 5.08. The Hall–Kier alpha value is -4.63. The van der Waals surface area contributed by atoms with Crippen LogP contribution in [0.4, 0.5) is 0 Å². The number of rotatable bonds is 9. The molecule has 1 aliphatic rings. The van der Waals surface area contributed by atoms with Gasteiger partial charge in [-0.3, -0.25) is 9.59 Å². The number of aliphatic hydroxyl groups is 1. The summed E-state index contributed by atoms with van der Waals surface area (Å²) in [7, 11) is 6.03. The lowest BCUT2D eigenvalue weighted by Gasteiger charge is -2.27. The molecule has 0 fully saturated rings. The normalized spacial score (nSPS) is 15.1. The van der Waals surface area contributed by atoms with E-state index in [-0.39, 0.29) is 17.9 Å². The molecule has 1 amide bonds. The van der Waals surface area contributed by atoms with E-state index in [9.17, 15) is 14.7 Å². The zero-order valence-electron chi connectivity index (χ0n) is 22.2. The van der Waals surface area contributed by atoms with Gasteiger partial charge in [-0.1, -0.05) is 29.8 Å². The molecule has 2 heterocycles. The first-order valence-electron chi connectivity index (χ1n) is 12.2. The second kappa shape index (κ2) is 10.9. The number of nitrogens with zero attached hydrogens (tertiary/aromatic N) is 1. The van der Waals surface area contributed by atoms with Crippen LogP contribution in [0.25, 0.3) is 11.0 Å². The number of methoxy groups -OCH3 is 4. The minimum atomic E-state index is -0.943. The molecule has 0 radical (unpaired) electrons. The lowest BCUT2D eigenvalue weighted by molar-refractivity contribution is -0.130. The van der Waals surface area contributed by atoms with Crippen molar-refractivity contribution in [2.24, 2.45) is 0 Å². The number of hydrogen-bond donors (Lipinski definition) is 1. The van der Waals surface area contributed by atoms with Gasteiger partial charge in [0, 0.05) is 23.0 Å². The number of hydrogen-bond acceptors (Lipinski definition) is 8. The number of furan rings is 1. The number of fused-ring (bicyclic) bond motifs is 1. The minimum absolute atomic E-state index is 0.0610. The number of amides is 1. The van der Waals surface area contributed by atoms with E-state index in [2.05, 4.69) is 0 Å². The van der Waals surface area contributed by atoms with Gasteiger partial charge in [0.25, 0.3) is 5.91 Å². The summed E-state index contributed by atoms with van der Waals surface area (Å²) in [6.07, 6.45) is 0. The van der Waals surface area contributed by atoms with Crippen LogP contribution in [0.5, 0.6) is 23.0 Å². The van der Waals surface area contributed by atoms with Gasteiger partial charge in [-0.15, -0.1) is 0 Å². The van der Waals surface area contributed by atoms with E-state index in [4.69, 9.17) is 35.0 Å². The molecule has 1 N–H and O–H groups in total. The molecule has 1 atom stereocenters. The van der Waals surface area contributed by atoms with E-state index < -0.39 is 23.5 Å². The summed E-state index contributed by atoms with van der Waals surface area (Å²) in [5.74, 6) is -0.215. The van der Waals surface area contributed by atoms with Gasteiger partial charge in [0.1, 0.15) is 5.75 Å². The summed E-state index contributed by atoms with van der Waals surface area (Å²) in [5, 5.41) is 12.0. The van der Waals surface area contributed by atoms with E-state index >= 15 is 0 Å². The molecular weight excluding hydrogens is 538 g/mol. The van der Waals surface area contributed by atoms with Crippen molar-refractivity contribution >= 4 is 34.3 Å². The molecule has 1 aliphatic heterocycles. The van der Waals surface area contributed by atoms with Crippen LogP contribution in [0.3, 0.4) is 0 Å². The first kappa shape index (κ1) is 27.0. The van der Waals surface area contributed by atoms with Gasteiger partial charge < -0.3 is 33.4 Å². The van der Waals surface area contributed by atoms with Crippen molar-refractivity contribution in [2.75, 3.05) is 28.4 Å². The van der Waals surface area contributed by atoms with Crippen molar-refractivity contribution in [3.8, 4) is 23.0 Å². The molecule has 3 aromatic carbocycles. The number of carbonyl (C=O) groups is 2.